The summed E-state index contributed by atoms with van der Waals surface area (Å²) in [5, 5.41) is 0.0980. The van der Waals surface area contributed by atoms with Crippen LogP contribution in [0.1, 0.15) is 98.4 Å². The topological polar surface area (TPSA) is 9.23 Å². The van der Waals surface area contributed by atoms with Crippen LogP contribution in [-0.2, 0) is 0 Å². The highest BCUT2D eigenvalue weighted by Gasteiger charge is 2.50. The van der Waals surface area contributed by atoms with Gasteiger partial charge in [-0.2, -0.15) is 0 Å². The molecule has 0 N–H and O–H groups in total. The molecule has 199 valence electrons. The standard InChI is InChI=1S/C32H50FOSi2/c1-9-35(10-2,11-3)22-16-12-13-17-23-36(25(4)5,32(6,7)8)34-26-20-21-28-27-18-14-15-19-29(27)31(33)30(28)24-26/h14-15,18,20-21,24-25,31H,9-13,16-17,22-23H2,1-8H3. The first kappa shape index (κ1) is 29.2. The van der Waals surface area contributed by atoms with E-state index in [1.165, 1.54) is 49.9 Å². The van der Waals surface area contributed by atoms with Crippen molar-refractivity contribution in [2.45, 2.75) is 128 Å². The van der Waals surface area contributed by atoms with Crippen LogP contribution >= 0.6 is 0 Å². The van der Waals surface area contributed by atoms with Crippen LogP contribution in [0.15, 0.2) is 36.4 Å². The van der Waals surface area contributed by atoms with Gasteiger partial charge in [0.05, 0.1) is 8.07 Å². The Hall–Kier alpha value is -1.40. The molecule has 3 rings (SSSR count). The average Bonchev–Trinajstić information content (AvgIpc) is 3.14. The molecule has 0 saturated carbocycles. The first-order valence-corrected chi connectivity index (χ1v) is 19.5. The van der Waals surface area contributed by atoms with E-state index >= 15 is 4.39 Å². The van der Waals surface area contributed by atoms with E-state index in [9.17, 15) is 0 Å². The molecule has 2 atom stereocenters. The third kappa shape index (κ3) is 5.85. The minimum atomic E-state index is -2.19. The highest BCUT2D eigenvalue weighted by atomic mass is 28.4. The molecule has 1 aliphatic rings. The Bertz CT molecular complexity index is 984. The number of benzene rings is 2. The maximum absolute atomic E-state index is 15.3. The lowest BCUT2D eigenvalue weighted by Crippen LogP contribution is -2.52. The Balaban J connectivity index is 1.72. The van der Waals surface area contributed by atoms with Gasteiger partial charge in [-0.25, -0.2) is 4.39 Å². The molecule has 2 unspecified atom stereocenters. The van der Waals surface area contributed by atoms with E-state index < -0.39 is 22.6 Å². The van der Waals surface area contributed by atoms with E-state index in [0.717, 1.165) is 28.5 Å². The summed E-state index contributed by atoms with van der Waals surface area (Å²) >= 11 is 0. The number of hydrogen-bond donors (Lipinski definition) is 0. The maximum atomic E-state index is 15.3. The predicted octanol–water partition coefficient (Wildman–Crippen LogP) is 11.1. The van der Waals surface area contributed by atoms with Gasteiger partial charge in [0.2, 0.25) is 0 Å². The van der Waals surface area contributed by atoms with Gasteiger partial charge in [0.25, 0.3) is 8.32 Å². The quantitative estimate of drug-likeness (QED) is 0.187. The van der Waals surface area contributed by atoms with Crippen molar-refractivity contribution in [1.82, 2.24) is 0 Å². The summed E-state index contributed by atoms with van der Waals surface area (Å²) in [5.41, 5.74) is 3.84. The largest absolute Gasteiger partial charge is 0.543 e. The second-order valence-corrected chi connectivity index (χ2v) is 23.2. The second kappa shape index (κ2) is 12.0. The summed E-state index contributed by atoms with van der Waals surface area (Å²) < 4.78 is 22.4. The van der Waals surface area contributed by atoms with Gasteiger partial charge in [-0.05, 0) is 45.9 Å². The molecule has 0 aromatic heterocycles. The van der Waals surface area contributed by atoms with Crippen molar-refractivity contribution in [3.63, 3.8) is 0 Å². The molecule has 1 aliphatic carbocycles. The molecule has 0 heterocycles. The van der Waals surface area contributed by atoms with Crippen LogP contribution < -0.4 is 4.43 Å². The maximum Gasteiger partial charge on any atom is 0.259 e. The number of unbranched alkanes of at least 4 members (excludes halogenated alkanes) is 3. The van der Waals surface area contributed by atoms with Crippen molar-refractivity contribution < 1.29 is 8.82 Å². The second-order valence-electron chi connectivity index (χ2n) is 12.5. The van der Waals surface area contributed by atoms with Crippen LogP contribution in [-0.4, -0.2) is 16.4 Å². The minimum Gasteiger partial charge on any atom is -0.543 e. The van der Waals surface area contributed by atoms with Crippen LogP contribution in [0, 0.1) is 6.07 Å². The van der Waals surface area contributed by atoms with Gasteiger partial charge in [-0.3, -0.25) is 0 Å². The lowest BCUT2D eigenvalue weighted by atomic mass is 10.1. The molecule has 1 nitrogen and oxygen atoms in total. The van der Waals surface area contributed by atoms with Gasteiger partial charge in [0, 0.05) is 11.1 Å². The SMILES string of the molecule is CC[Si](CC)(CC)CCCCCC[Si](Oc1ccc2c(c1)C(F)c1[c]cccc1-2)(C(C)C)C(C)(C)C. The van der Waals surface area contributed by atoms with Crippen molar-refractivity contribution >= 4 is 16.4 Å². The van der Waals surface area contributed by atoms with E-state index in [2.05, 4.69) is 73.6 Å². The summed E-state index contributed by atoms with van der Waals surface area (Å²) in [7, 11) is -3.19. The van der Waals surface area contributed by atoms with Gasteiger partial charge in [-0.1, -0.05) is 130 Å². The Labute approximate surface area is 223 Å². The number of alkyl halides is 1. The molecule has 0 aliphatic heterocycles. The highest BCUT2D eigenvalue weighted by molar-refractivity contribution is 6.79. The minimum absolute atomic E-state index is 0.0980. The third-order valence-corrected chi connectivity index (χ3v) is 21.5. The van der Waals surface area contributed by atoms with E-state index in [0.29, 0.717) is 11.1 Å². The van der Waals surface area contributed by atoms with Gasteiger partial charge >= 0.3 is 0 Å². The predicted molar refractivity (Wildman–Crippen MR) is 160 cm³/mol. The molecule has 2 aromatic rings. The van der Waals surface area contributed by atoms with Gasteiger partial charge in [-0.15, -0.1) is 0 Å². The lowest BCUT2D eigenvalue weighted by molar-refractivity contribution is 0.406. The zero-order valence-corrected chi connectivity index (χ0v) is 26.3. The van der Waals surface area contributed by atoms with Crippen molar-refractivity contribution in [3.05, 3.63) is 53.6 Å². The smallest absolute Gasteiger partial charge is 0.259 e. The zero-order valence-electron chi connectivity index (χ0n) is 24.3. The molecular weight excluding hydrogens is 476 g/mol. The molecule has 0 fully saturated rings. The molecule has 0 saturated heterocycles. The van der Waals surface area contributed by atoms with Crippen LogP contribution in [0.4, 0.5) is 4.39 Å². The van der Waals surface area contributed by atoms with Crippen LogP contribution in [0.3, 0.4) is 0 Å². The van der Waals surface area contributed by atoms with Crippen LogP contribution in [0.5, 0.6) is 5.75 Å². The van der Waals surface area contributed by atoms with E-state index in [1.807, 2.05) is 18.2 Å². The van der Waals surface area contributed by atoms with Crippen molar-refractivity contribution in [2.24, 2.45) is 0 Å². The van der Waals surface area contributed by atoms with Crippen molar-refractivity contribution in [2.75, 3.05) is 0 Å². The summed E-state index contributed by atoms with van der Waals surface area (Å²) in [5.74, 6) is 0.851. The monoisotopic (exact) mass is 525 g/mol. The van der Waals surface area contributed by atoms with E-state index in [4.69, 9.17) is 4.43 Å². The Morgan fingerprint density at radius 3 is 2.14 bits per heavy atom. The van der Waals surface area contributed by atoms with E-state index in [1.54, 1.807) is 6.07 Å². The fraction of sp³-hybridized carbons (Fsp3) is 0.625. The van der Waals surface area contributed by atoms with Crippen LogP contribution in [0.2, 0.25) is 40.8 Å². The summed E-state index contributed by atoms with van der Waals surface area (Å²) in [6, 6.07) is 21.9. The highest BCUT2D eigenvalue weighted by Crippen LogP contribution is 2.50. The fourth-order valence-electron chi connectivity index (χ4n) is 6.69. The molecule has 36 heavy (non-hydrogen) atoms. The first-order chi connectivity index (χ1) is 17.0. The molecule has 0 amide bonds. The van der Waals surface area contributed by atoms with E-state index in [-0.39, 0.29) is 5.04 Å². The Morgan fingerprint density at radius 1 is 0.917 bits per heavy atom. The van der Waals surface area contributed by atoms with Gasteiger partial charge < -0.3 is 4.43 Å². The Kier molecular flexibility index (Phi) is 9.71. The number of halogens is 1. The molecule has 1 radical (unpaired) electrons. The van der Waals surface area contributed by atoms with Gasteiger partial charge in [0.15, 0.2) is 6.17 Å². The first-order valence-electron chi connectivity index (χ1n) is 14.5. The number of rotatable bonds is 13. The molecular formula is C32H50FOSi2. The summed E-state index contributed by atoms with van der Waals surface area (Å²) in [4.78, 5) is 0. The average molecular weight is 526 g/mol. The molecule has 0 bridgehead atoms. The third-order valence-electron chi connectivity index (χ3n) is 9.49. The van der Waals surface area contributed by atoms with Gasteiger partial charge in [0.1, 0.15) is 5.75 Å². The Morgan fingerprint density at radius 2 is 1.56 bits per heavy atom. The fourth-order valence-corrected chi connectivity index (χ4v) is 15.3. The summed E-state index contributed by atoms with van der Waals surface area (Å²) in [6.07, 6.45) is 4.16. The molecule has 0 spiro atoms. The molecule has 2 aromatic carbocycles. The van der Waals surface area contributed by atoms with Crippen molar-refractivity contribution in [3.8, 4) is 16.9 Å². The number of fused-ring (bicyclic) bond motifs is 3. The van der Waals surface area contributed by atoms with Crippen molar-refractivity contribution in [1.29, 1.82) is 0 Å². The van der Waals surface area contributed by atoms with Crippen LogP contribution in [0.25, 0.3) is 11.1 Å². The summed E-state index contributed by atoms with van der Waals surface area (Å²) in [6.45, 7) is 19.0. The normalized spacial score (nSPS) is 17.1. The zero-order chi connectivity index (χ0) is 26.6. The number of hydrogen-bond acceptors (Lipinski definition) is 1. The lowest BCUT2D eigenvalue weighted by Gasteiger charge is -2.45. The molecule has 4 heteroatoms.